The quantitative estimate of drug-likeness (QED) is 0.728. The second kappa shape index (κ2) is 9.80. The molecule has 0 radical (unpaired) electrons. The zero-order chi connectivity index (χ0) is 19.9. The molecule has 3 rings (SSSR count). The lowest BCUT2D eigenvalue weighted by atomic mass is 10.0. The standard InChI is InChI=1S/C22H27ClN2O3/c1-27-20-10-9-17(23)13-16(20)14-22(26)24-15-19(25-11-5-6-12-25)18-7-3-4-8-21(18)28-2/h3-4,7-10,13,19H,5-6,11-12,14-15H2,1-2H3,(H,24,26)/t19-/m1/s1. The van der Waals surface area contributed by atoms with E-state index in [-0.39, 0.29) is 18.4 Å². The van der Waals surface area contributed by atoms with Crippen molar-refractivity contribution in [1.29, 1.82) is 0 Å². The Morgan fingerprint density at radius 3 is 2.54 bits per heavy atom. The summed E-state index contributed by atoms with van der Waals surface area (Å²) in [4.78, 5) is 15.1. The summed E-state index contributed by atoms with van der Waals surface area (Å²) in [6, 6.07) is 13.4. The van der Waals surface area contributed by atoms with Crippen LogP contribution in [0, 0.1) is 0 Å². The molecule has 1 atom stereocenters. The summed E-state index contributed by atoms with van der Waals surface area (Å²) in [7, 11) is 3.28. The summed E-state index contributed by atoms with van der Waals surface area (Å²) < 4.78 is 10.9. The van der Waals surface area contributed by atoms with Crippen molar-refractivity contribution in [2.45, 2.75) is 25.3 Å². The van der Waals surface area contributed by atoms with Gasteiger partial charge in [-0.15, -0.1) is 0 Å². The number of rotatable bonds is 8. The Kier molecular flexibility index (Phi) is 7.18. The molecule has 1 amide bonds. The molecule has 150 valence electrons. The molecule has 1 fully saturated rings. The highest BCUT2D eigenvalue weighted by atomic mass is 35.5. The van der Waals surface area contributed by atoms with Crippen molar-refractivity contribution in [3.8, 4) is 11.5 Å². The Labute approximate surface area is 171 Å². The van der Waals surface area contributed by atoms with Gasteiger partial charge in [-0.3, -0.25) is 9.69 Å². The van der Waals surface area contributed by atoms with Gasteiger partial charge in [-0.1, -0.05) is 29.8 Å². The topological polar surface area (TPSA) is 50.8 Å². The molecule has 0 bridgehead atoms. The van der Waals surface area contributed by atoms with E-state index in [9.17, 15) is 4.79 Å². The van der Waals surface area contributed by atoms with Gasteiger partial charge in [0.1, 0.15) is 11.5 Å². The first-order valence-electron chi connectivity index (χ1n) is 9.58. The van der Waals surface area contributed by atoms with Gasteiger partial charge in [-0.2, -0.15) is 0 Å². The molecule has 0 saturated carbocycles. The lowest BCUT2D eigenvalue weighted by Crippen LogP contribution is -2.37. The molecular weight excluding hydrogens is 376 g/mol. The molecule has 5 nitrogen and oxygen atoms in total. The van der Waals surface area contributed by atoms with Crippen LogP contribution in [0.25, 0.3) is 0 Å². The first-order chi connectivity index (χ1) is 13.6. The molecule has 2 aromatic rings. The molecule has 1 saturated heterocycles. The van der Waals surface area contributed by atoms with Gasteiger partial charge in [0.2, 0.25) is 5.91 Å². The normalized spacial score (nSPS) is 15.2. The lowest BCUT2D eigenvalue weighted by molar-refractivity contribution is -0.120. The molecule has 6 heteroatoms. The fourth-order valence-electron chi connectivity index (χ4n) is 3.76. The summed E-state index contributed by atoms with van der Waals surface area (Å²) in [6.07, 6.45) is 2.58. The molecule has 1 aliphatic heterocycles. The number of methoxy groups -OCH3 is 2. The van der Waals surface area contributed by atoms with Crippen molar-refractivity contribution in [3.63, 3.8) is 0 Å². The maximum atomic E-state index is 12.6. The van der Waals surface area contributed by atoms with Crippen molar-refractivity contribution < 1.29 is 14.3 Å². The number of nitrogens with one attached hydrogen (secondary N) is 1. The van der Waals surface area contributed by atoms with Gasteiger partial charge >= 0.3 is 0 Å². The van der Waals surface area contributed by atoms with Crippen molar-refractivity contribution in [3.05, 3.63) is 58.6 Å². The van der Waals surface area contributed by atoms with Crippen molar-refractivity contribution >= 4 is 17.5 Å². The lowest BCUT2D eigenvalue weighted by Gasteiger charge is -2.29. The van der Waals surface area contributed by atoms with E-state index < -0.39 is 0 Å². The van der Waals surface area contributed by atoms with Gasteiger partial charge < -0.3 is 14.8 Å². The number of benzene rings is 2. The van der Waals surface area contributed by atoms with Gasteiger partial charge in [-0.05, 0) is 50.2 Å². The maximum Gasteiger partial charge on any atom is 0.224 e. The molecule has 1 aliphatic rings. The van der Waals surface area contributed by atoms with Crippen LogP contribution in [-0.2, 0) is 11.2 Å². The fourth-order valence-corrected chi connectivity index (χ4v) is 3.96. The smallest absolute Gasteiger partial charge is 0.224 e. The Hall–Kier alpha value is -2.24. The van der Waals surface area contributed by atoms with Gasteiger partial charge in [0.25, 0.3) is 0 Å². The summed E-state index contributed by atoms with van der Waals surface area (Å²) in [5.74, 6) is 1.46. The van der Waals surface area contributed by atoms with Gasteiger partial charge in [-0.25, -0.2) is 0 Å². The number of amides is 1. The van der Waals surface area contributed by atoms with Gasteiger partial charge in [0.15, 0.2) is 0 Å². The van der Waals surface area contributed by atoms with E-state index in [1.165, 1.54) is 12.8 Å². The van der Waals surface area contributed by atoms with Crippen LogP contribution in [0.1, 0.15) is 30.0 Å². The van der Waals surface area contributed by atoms with E-state index in [4.69, 9.17) is 21.1 Å². The molecule has 0 unspecified atom stereocenters. The Morgan fingerprint density at radius 1 is 1.11 bits per heavy atom. The third kappa shape index (κ3) is 4.97. The van der Waals surface area contributed by atoms with Crippen LogP contribution in [0.4, 0.5) is 0 Å². The van der Waals surface area contributed by atoms with E-state index in [1.807, 2.05) is 18.2 Å². The van der Waals surface area contributed by atoms with E-state index in [2.05, 4.69) is 16.3 Å². The van der Waals surface area contributed by atoms with Crippen LogP contribution in [0.2, 0.25) is 5.02 Å². The van der Waals surface area contributed by atoms with Crippen molar-refractivity contribution in [2.75, 3.05) is 33.9 Å². The van der Waals surface area contributed by atoms with E-state index in [0.29, 0.717) is 17.3 Å². The SMILES string of the molecule is COc1ccc(Cl)cc1CC(=O)NC[C@H](c1ccccc1OC)N1CCCC1. The highest BCUT2D eigenvalue weighted by molar-refractivity contribution is 6.30. The molecule has 0 spiro atoms. The average molecular weight is 403 g/mol. The minimum Gasteiger partial charge on any atom is -0.496 e. The summed E-state index contributed by atoms with van der Waals surface area (Å²) in [5.41, 5.74) is 1.88. The third-order valence-electron chi connectivity index (χ3n) is 5.17. The molecular formula is C22H27ClN2O3. The first kappa shape index (κ1) is 20.5. The number of para-hydroxylation sites is 1. The number of likely N-dealkylation sites (tertiary alicyclic amines) is 1. The molecule has 0 aliphatic carbocycles. The van der Waals surface area contributed by atoms with Crippen LogP contribution < -0.4 is 14.8 Å². The fraction of sp³-hybridized carbons (Fsp3) is 0.409. The van der Waals surface area contributed by atoms with E-state index >= 15 is 0 Å². The number of ether oxygens (including phenoxy) is 2. The molecule has 2 aromatic carbocycles. The van der Waals surface area contributed by atoms with Gasteiger partial charge in [0.05, 0.1) is 26.7 Å². The third-order valence-corrected chi connectivity index (χ3v) is 5.40. The van der Waals surface area contributed by atoms with E-state index in [1.54, 1.807) is 32.4 Å². The number of carbonyl (C=O) groups is 1. The second-order valence-electron chi connectivity index (χ2n) is 6.94. The molecule has 0 aromatic heterocycles. The van der Waals surface area contributed by atoms with Gasteiger partial charge in [0, 0.05) is 22.7 Å². The molecule has 1 heterocycles. The van der Waals surface area contributed by atoms with Crippen LogP contribution in [0.15, 0.2) is 42.5 Å². The summed E-state index contributed by atoms with van der Waals surface area (Å²) in [6.45, 7) is 2.59. The zero-order valence-corrected chi connectivity index (χ0v) is 17.2. The number of carbonyl (C=O) groups excluding carboxylic acids is 1. The average Bonchev–Trinajstić information content (AvgIpc) is 3.23. The van der Waals surface area contributed by atoms with Crippen LogP contribution in [0.3, 0.4) is 0 Å². The highest BCUT2D eigenvalue weighted by Crippen LogP contribution is 2.31. The highest BCUT2D eigenvalue weighted by Gasteiger charge is 2.26. The summed E-state index contributed by atoms with van der Waals surface area (Å²) in [5, 5.41) is 3.68. The Bertz CT molecular complexity index is 806. The maximum absolute atomic E-state index is 12.6. The van der Waals surface area contributed by atoms with Crippen LogP contribution in [-0.4, -0.2) is 44.7 Å². The molecule has 28 heavy (non-hydrogen) atoms. The van der Waals surface area contributed by atoms with E-state index in [0.717, 1.165) is 30.0 Å². The number of halogens is 1. The van der Waals surface area contributed by atoms with Crippen molar-refractivity contribution in [2.24, 2.45) is 0 Å². The number of nitrogens with zero attached hydrogens (tertiary/aromatic N) is 1. The molecule has 1 N–H and O–H groups in total. The first-order valence-corrected chi connectivity index (χ1v) is 9.96. The zero-order valence-electron chi connectivity index (χ0n) is 16.4. The predicted molar refractivity (Wildman–Crippen MR) is 111 cm³/mol. The largest absolute Gasteiger partial charge is 0.496 e. The van der Waals surface area contributed by atoms with Crippen LogP contribution >= 0.6 is 11.6 Å². The van der Waals surface area contributed by atoms with Crippen molar-refractivity contribution in [1.82, 2.24) is 10.2 Å². The monoisotopic (exact) mass is 402 g/mol. The predicted octanol–water partition coefficient (Wildman–Crippen LogP) is 3.85. The number of hydrogen-bond acceptors (Lipinski definition) is 4. The minimum atomic E-state index is -0.0559. The Morgan fingerprint density at radius 2 is 1.82 bits per heavy atom. The second-order valence-corrected chi connectivity index (χ2v) is 7.37. The van der Waals surface area contributed by atoms with Crippen LogP contribution in [0.5, 0.6) is 11.5 Å². The Balaban J connectivity index is 1.71. The number of hydrogen-bond donors (Lipinski definition) is 1. The summed E-state index contributed by atoms with van der Waals surface area (Å²) >= 11 is 6.08. The minimum absolute atomic E-state index is 0.0559.